The van der Waals surface area contributed by atoms with Gasteiger partial charge >= 0.3 is 0 Å². The molecule has 0 radical (unpaired) electrons. The van der Waals surface area contributed by atoms with Crippen LogP contribution in [-0.4, -0.2) is 0 Å². The second-order valence-corrected chi connectivity index (χ2v) is 22.4. The van der Waals surface area contributed by atoms with E-state index in [1.165, 1.54) is 120 Å². The van der Waals surface area contributed by atoms with Crippen LogP contribution in [-0.2, 0) is 0 Å². The van der Waals surface area contributed by atoms with E-state index >= 15 is 0 Å². The Labute approximate surface area is 485 Å². The predicted octanol–water partition coefficient (Wildman–Crippen LogP) is 23.3. The largest absolute Gasteiger partial charge is 0.456 e. The van der Waals surface area contributed by atoms with E-state index in [1.54, 1.807) is 0 Å². The molecule has 2 heterocycles. The number of rotatable bonds is 6. The highest BCUT2D eigenvalue weighted by Crippen LogP contribution is 2.57. The van der Waals surface area contributed by atoms with Gasteiger partial charge in [0.25, 0.3) is 0 Å². The lowest BCUT2D eigenvalue weighted by Crippen LogP contribution is -2.03. The van der Waals surface area contributed by atoms with Gasteiger partial charge in [-0.2, -0.15) is 0 Å². The van der Waals surface area contributed by atoms with Gasteiger partial charge in [-0.3, -0.25) is 0 Å². The van der Waals surface area contributed by atoms with E-state index in [9.17, 15) is 0 Å². The van der Waals surface area contributed by atoms with Gasteiger partial charge in [0.2, 0.25) is 0 Å². The Hall–Kier alpha value is -11.1. The molecule has 84 heavy (non-hydrogen) atoms. The molecule has 2 nitrogen and oxygen atoms in total. The van der Waals surface area contributed by atoms with E-state index in [-0.39, 0.29) is 0 Å². The Morgan fingerprint density at radius 2 is 0.452 bits per heavy atom. The third-order valence-electron chi connectivity index (χ3n) is 18.1. The minimum atomic E-state index is 0.828. The molecule has 388 valence electrons. The molecule has 2 aliphatic heterocycles. The van der Waals surface area contributed by atoms with Crippen molar-refractivity contribution in [1.82, 2.24) is 0 Å². The summed E-state index contributed by atoms with van der Waals surface area (Å²) in [6.07, 6.45) is 0. The lowest BCUT2D eigenvalue weighted by atomic mass is 9.82. The molecule has 18 rings (SSSR count). The van der Waals surface area contributed by atoms with E-state index in [2.05, 4.69) is 291 Å². The molecule has 2 heteroatoms. The summed E-state index contributed by atoms with van der Waals surface area (Å²) in [7, 11) is 0. The minimum Gasteiger partial charge on any atom is -0.456 e. The lowest BCUT2D eigenvalue weighted by molar-refractivity contribution is 0.475. The highest BCUT2D eigenvalue weighted by Gasteiger charge is 2.30. The van der Waals surface area contributed by atoms with Crippen molar-refractivity contribution in [2.24, 2.45) is 0 Å². The van der Waals surface area contributed by atoms with Gasteiger partial charge in [-0.1, -0.05) is 255 Å². The second kappa shape index (κ2) is 18.2. The summed E-state index contributed by atoms with van der Waals surface area (Å²) in [6, 6.07) is 107. The van der Waals surface area contributed by atoms with Crippen LogP contribution in [0.2, 0.25) is 0 Å². The molecule has 0 fully saturated rings. The maximum Gasteiger partial charge on any atom is 0.136 e. The van der Waals surface area contributed by atoms with E-state index in [0.29, 0.717) is 0 Å². The van der Waals surface area contributed by atoms with Crippen molar-refractivity contribution in [3.8, 4) is 112 Å². The average Bonchev–Trinajstić information content (AvgIpc) is 1.54. The zero-order chi connectivity index (χ0) is 55.0. The first-order valence-corrected chi connectivity index (χ1v) is 29.0. The molecule has 0 spiro atoms. The molecule has 0 saturated carbocycles. The number of hydrogen-bond acceptors (Lipinski definition) is 2. The Bertz CT molecular complexity index is 5050. The van der Waals surface area contributed by atoms with Crippen LogP contribution < -0.4 is 9.47 Å². The zero-order valence-corrected chi connectivity index (χ0v) is 45.5. The van der Waals surface area contributed by atoms with E-state index in [0.717, 1.165) is 67.2 Å². The van der Waals surface area contributed by atoms with Crippen LogP contribution in [0.4, 0.5) is 0 Å². The van der Waals surface area contributed by atoms with Crippen LogP contribution in [0.5, 0.6) is 23.0 Å². The van der Waals surface area contributed by atoms with Gasteiger partial charge in [0.15, 0.2) is 0 Å². The molecule has 0 aromatic heterocycles. The molecule has 0 saturated heterocycles. The predicted molar refractivity (Wildman–Crippen MR) is 353 cm³/mol. The normalized spacial score (nSPS) is 12.2. The summed E-state index contributed by atoms with van der Waals surface area (Å²) < 4.78 is 14.2. The topological polar surface area (TPSA) is 18.5 Å². The molecule has 0 aliphatic carbocycles. The third kappa shape index (κ3) is 6.86. The van der Waals surface area contributed by atoms with Crippen LogP contribution in [0, 0.1) is 0 Å². The van der Waals surface area contributed by atoms with Crippen molar-refractivity contribution in [2.75, 3.05) is 0 Å². The van der Waals surface area contributed by atoms with Crippen LogP contribution >= 0.6 is 0 Å². The maximum atomic E-state index is 7.09. The highest BCUT2D eigenvalue weighted by atomic mass is 16.5. The van der Waals surface area contributed by atoms with Crippen molar-refractivity contribution >= 4 is 75.4 Å². The van der Waals surface area contributed by atoms with Crippen LogP contribution in [0.25, 0.3) is 164 Å². The monoisotopic (exact) mass is 1060 g/mol. The fourth-order valence-electron chi connectivity index (χ4n) is 14.5. The molecule has 16 aromatic carbocycles. The van der Waals surface area contributed by atoms with E-state index < -0.39 is 0 Å². The first-order chi connectivity index (χ1) is 41.7. The van der Waals surface area contributed by atoms with Gasteiger partial charge < -0.3 is 9.47 Å². The van der Waals surface area contributed by atoms with Gasteiger partial charge in [-0.15, -0.1) is 0 Å². The molecular weight excluding hydrogens is 1020 g/mol. The quantitative estimate of drug-likeness (QED) is 0.155. The second-order valence-electron chi connectivity index (χ2n) is 22.4. The first kappa shape index (κ1) is 46.7. The van der Waals surface area contributed by atoms with Crippen LogP contribution in [0.3, 0.4) is 0 Å². The molecule has 2 aliphatic rings. The standard InChI is InChI=1S/C82H48O2/c1-3-23-53-49(19-1)21-17-37-55(53)57-25-5-7-27-61(57)79-67-33-13-9-29-63(67)77(64-30-10-14-34-68(64)79)51-39-41-59-71-43-44-72-60-42-40-52(48-76(60)84-74-46-45-73(81(71)82(72)74)83-75(59)47-51)78-65-31-11-15-35-69(65)80(70-36-16-12-32-66(70)78)62-28-8-6-26-58(62)56-38-18-22-50-20-2-4-24-54(50)56/h1-48H. The molecular formula is C82H48O2. The summed E-state index contributed by atoms with van der Waals surface area (Å²) in [5.41, 5.74) is 18.8. The Morgan fingerprint density at radius 1 is 0.167 bits per heavy atom. The Morgan fingerprint density at radius 3 is 0.833 bits per heavy atom. The van der Waals surface area contributed by atoms with Gasteiger partial charge in [0.05, 0.1) is 0 Å². The third-order valence-corrected chi connectivity index (χ3v) is 18.1. The van der Waals surface area contributed by atoms with Crippen molar-refractivity contribution in [1.29, 1.82) is 0 Å². The van der Waals surface area contributed by atoms with E-state index in [1.807, 2.05) is 0 Å². The van der Waals surface area contributed by atoms with Gasteiger partial charge in [0.1, 0.15) is 23.0 Å². The first-order valence-electron chi connectivity index (χ1n) is 29.0. The van der Waals surface area contributed by atoms with Crippen molar-refractivity contribution in [3.05, 3.63) is 291 Å². The summed E-state index contributed by atoms with van der Waals surface area (Å²) >= 11 is 0. The zero-order valence-electron chi connectivity index (χ0n) is 45.5. The van der Waals surface area contributed by atoms with Crippen LogP contribution in [0.15, 0.2) is 291 Å². The SMILES string of the molecule is c1ccc(-c2c3ccccc3c(-c3ccc4c(c3)Oc3ccc5c6c(ccc-4c36)-c3ccc(-c4c6ccccc6c(-c6ccccc6-c6cccc7ccccc67)c6ccccc46)cc3O5)c3ccccc23)c(-c2cccc3ccccc23)c1. The number of benzene rings is 16. The summed E-state index contributed by atoms with van der Waals surface area (Å²) in [4.78, 5) is 0. The van der Waals surface area contributed by atoms with Crippen molar-refractivity contribution < 1.29 is 9.47 Å². The molecule has 0 bridgehead atoms. The fraction of sp³-hybridized carbons (Fsp3) is 0. The molecule has 0 unspecified atom stereocenters. The summed E-state index contributed by atoms with van der Waals surface area (Å²) in [5, 5.41) is 16.7. The van der Waals surface area contributed by atoms with Gasteiger partial charge in [-0.05, 0) is 179 Å². The lowest BCUT2D eigenvalue weighted by Gasteiger charge is -2.28. The number of fused-ring (bicyclic) bond motifs is 10. The molecule has 0 atom stereocenters. The Kier molecular flexibility index (Phi) is 10.1. The maximum absolute atomic E-state index is 7.09. The van der Waals surface area contributed by atoms with E-state index in [4.69, 9.17) is 9.47 Å². The van der Waals surface area contributed by atoms with Crippen LogP contribution in [0.1, 0.15) is 0 Å². The minimum absolute atomic E-state index is 0.828. The summed E-state index contributed by atoms with van der Waals surface area (Å²) in [5.74, 6) is 3.33. The van der Waals surface area contributed by atoms with Gasteiger partial charge in [-0.25, -0.2) is 0 Å². The highest BCUT2D eigenvalue weighted by molar-refractivity contribution is 6.25. The molecule has 0 N–H and O–H groups in total. The fourth-order valence-corrected chi connectivity index (χ4v) is 14.5. The number of ether oxygens (including phenoxy) is 2. The molecule has 0 amide bonds. The van der Waals surface area contributed by atoms with Gasteiger partial charge in [0, 0.05) is 21.9 Å². The smallest absolute Gasteiger partial charge is 0.136 e. The summed E-state index contributed by atoms with van der Waals surface area (Å²) in [6.45, 7) is 0. The van der Waals surface area contributed by atoms with Crippen molar-refractivity contribution in [3.63, 3.8) is 0 Å². The Balaban J connectivity index is 0.746. The average molecular weight is 1070 g/mol. The molecule has 16 aromatic rings. The number of hydrogen-bond donors (Lipinski definition) is 0. The van der Waals surface area contributed by atoms with Crippen molar-refractivity contribution in [2.45, 2.75) is 0 Å².